The first-order valence-corrected chi connectivity index (χ1v) is 10.6. The molecule has 0 bridgehead atoms. The number of nitrogens with zero attached hydrogens (tertiary/aromatic N) is 3. The minimum absolute atomic E-state index is 0.170. The van der Waals surface area contributed by atoms with E-state index >= 15 is 0 Å². The Labute approximate surface area is 156 Å². The van der Waals surface area contributed by atoms with Gasteiger partial charge in [-0.05, 0) is 44.9 Å². The molecule has 0 N–H and O–H groups in total. The summed E-state index contributed by atoms with van der Waals surface area (Å²) in [5.74, 6) is 1.04. The third-order valence-corrected chi connectivity index (χ3v) is 7.05. The van der Waals surface area contributed by atoms with Gasteiger partial charge in [-0.25, -0.2) is 4.79 Å². The van der Waals surface area contributed by atoms with Gasteiger partial charge in [-0.2, -0.15) is 0 Å². The number of rotatable bonds is 3. The molecule has 3 heterocycles. The van der Waals surface area contributed by atoms with Crippen molar-refractivity contribution in [3.05, 3.63) is 0 Å². The Bertz CT molecular complexity index is 532. The summed E-state index contributed by atoms with van der Waals surface area (Å²) < 4.78 is 5.13. The standard InChI is InChI=1S/C20H33N3O3/c1-2-26-20(25)22-12-9-17(14-22)21-10-7-16(8-11-21)23-18-6-4-3-5-15(18)13-19(23)24/h15-18H,2-14H2,1H3/t15-,17?,18?/m1/s1. The van der Waals surface area contributed by atoms with Gasteiger partial charge in [0.1, 0.15) is 0 Å². The molecule has 3 saturated heterocycles. The molecular weight excluding hydrogens is 330 g/mol. The van der Waals surface area contributed by atoms with Crippen LogP contribution in [0.1, 0.15) is 58.3 Å². The number of piperidine rings is 1. The highest BCUT2D eigenvalue weighted by atomic mass is 16.6. The van der Waals surface area contributed by atoms with Gasteiger partial charge in [-0.15, -0.1) is 0 Å². The quantitative estimate of drug-likeness (QED) is 0.773. The molecule has 2 unspecified atom stereocenters. The molecule has 6 nitrogen and oxygen atoms in total. The predicted molar refractivity (Wildman–Crippen MR) is 98.8 cm³/mol. The van der Waals surface area contributed by atoms with Crippen LogP contribution in [0, 0.1) is 5.92 Å². The highest BCUT2D eigenvalue weighted by Gasteiger charge is 2.45. The molecule has 3 aliphatic heterocycles. The molecule has 4 rings (SSSR count). The minimum Gasteiger partial charge on any atom is -0.450 e. The first kappa shape index (κ1) is 18.1. The van der Waals surface area contributed by atoms with E-state index in [9.17, 15) is 9.59 Å². The fraction of sp³-hybridized carbons (Fsp3) is 0.900. The van der Waals surface area contributed by atoms with Gasteiger partial charge in [0.25, 0.3) is 0 Å². The van der Waals surface area contributed by atoms with Crippen molar-refractivity contribution in [2.75, 3.05) is 32.8 Å². The highest BCUT2D eigenvalue weighted by molar-refractivity contribution is 5.79. The molecule has 6 heteroatoms. The number of ether oxygens (including phenoxy) is 1. The van der Waals surface area contributed by atoms with Gasteiger partial charge in [0.15, 0.2) is 0 Å². The van der Waals surface area contributed by atoms with Crippen molar-refractivity contribution in [1.82, 2.24) is 14.7 Å². The maximum atomic E-state index is 12.6. The van der Waals surface area contributed by atoms with Crippen LogP contribution in [0.4, 0.5) is 4.79 Å². The fourth-order valence-corrected chi connectivity index (χ4v) is 5.73. The molecule has 4 fully saturated rings. The molecule has 0 aromatic carbocycles. The normalized spacial score (nSPS) is 33.6. The number of carbonyl (C=O) groups excluding carboxylic acids is 2. The molecule has 0 spiro atoms. The van der Waals surface area contributed by atoms with Crippen LogP contribution >= 0.6 is 0 Å². The Kier molecular flexibility index (Phi) is 5.39. The van der Waals surface area contributed by atoms with E-state index < -0.39 is 0 Å². The van der Waals surface area contributed by atoms with Gasteiger partial charge in [0, 0.05) is 50.7 Å². The topological polar surface area (TPSA) is 53.1 Å². The number of fused-ring (bicyclic) bond motifs is 1. The van der Waals surface area contributed by atoms with Crippen LogP contribution in [0.2, 0.25) is 0 Å². The van der Waals surface area contributed by atoms with Gasteiger partial charge in [-0.3, -0.25) is 9.69 Å². The summed E-state index contributed by atoms with van der Waals surface area (Å²) in [6.07, 6.45) is 8.89. The monoisotopic (exact) mass is 363 g/mol. The third kappa shape index (κ3) is 3.45. The molecule has 4 aliphatic rings. The summed E-state index contributed by atoms with van der Waals surface area (Å²) in [6.45, 7) is 5.99. The molecular formula is C20H33N3O3. The van der Waals surface area contributed by atoms with Gasteiger partial charge < -0.3 is 14.5 Å². The van der Waals surface area contributed by atoms with E-state index in [4.69, 9.17) is 4.74 Å². The first-order valence-electron chi connectivity index (χ1n) is 10.6. The number of likely N-dealkylation sites (tertiary alicyclic amines) is 3. The summed E-state index contributed by atoms with van der Waals surface area (Å²) in [7, 11) is 0. The molecule has 146 valence electrons. The lowest BCUT2D eigenvalue weighted by molar-refractivity contribution is -0.132. The molecule has 0 aromatic heterocycles. The van der Waals surface area contributed by atoms with Crippen molar-refractivity contribution in [2.45, 2.75) is 76.4 Å². The summed E-state index contributed by atoms with van der Waals surface area (Å²) in [5, 5.41) is 0. The van der Waals surface area contributed by atoms with Crippen LogP contribution in [-0.4, -0.2) is 77.6 Å². The molecule has 2 amide bonds. The van der Waals surface area contributed by atoms with Crippen LogP contribution in [0.3, 0.4) is 0 Å². The number of amides is 2. The minimum atomic E-state index is -0.170. The van der Waals surface area contributed by atoms with E-state index in [2.05, 4.69) is 9.80 Å². The van der Waals surface area contributed by atoms with Crippen molar-refractivity contribution in [3.8, 4) is 0 Å². The van der Waals surface area contributed by atoms with Crippen LogP contribution in [-0.2, 0) is 9.53 Å². The van der Waals surface area contributed by atoms with Crippen LogP contribution < -0.4 is 0 Å². The lowest BCUT2D eigenvalue weighted by Gasteiger charge is -2.42. The number of hydrogen-bond acceptors (Lipinski definition) is 4. The fourth-order valence-electron chi connectivity index (χ4n) is 5.73. The van der Waals surface area contributed by atoms with Gasteiger partial charge >= 0.3 is 6.09 Å². The van der Waals surface area contributed by atoms with Gasteiger partial charge in [0.05, 0.1) is 6.61 Å². The third-order valence-electron chi connectivity index (χ3n) is 7.05. The van der Waals surface area contributed by atoms with Crippen molar-refractivity contribution < 1.29 is 14.3 Å². The van der Waals surface area contributed by atoms with Crippen LogP contribution in [0.5, 0.6) is 0 Å². The largest absolute Gasteiger partial charge is 0.450 e. The molecule has 1 saturated carbocycles. The second-order valence-electron chi connectivity index (χ2n) is 8.47. The Hall–Kier alpha value is -1.30. The molecule has 0 radical (unpaired) electrons. The van der Waals surface area contributed by atoms with Crippen molar-refractivity contribution in [2.24, 2.45) is 5.92 Å². The zero-order valence-electron chi connectivity index (χ0n) is 16.1. The van der Waals surface area contributed by atoms with E-state index in [1.165, 1.54) is 25.7 Å². The Morgan fingerprint density at radius 1 is 1.04 bits per heavy atom. The van der Waals surface area contributed by atoms with Crippen molar-refractivity contribution in [3.63, 3.8) is 0 Å². The highest BCUT2D eigenvalue weighted by Crippen LogP contribution is 2.39. The second kappa shape index (κ2) is 7.75. The lowest BCUT2D eigenvalue weighted by Crippen LogP contribution is -2.52. The zero-order chi connectivity index (χ0) is 18.1. The zero-order valence-corrected chi connectivity index (χ0v) is 16.1. The van der Waals surface area contributed by atoms with Crippen LogP contribution in [0.15, 0.2) is 0 Å². The maximum absolute atomic E-state index is 12.6. The van der Waals surface area contributed by atoms with E-state index in [-0.39, 0.29) is 6.09 Å². The van der Waals surface area contributed by atoms with E-state index in [0.717, 1.165) is 51.9 Å². The Morgan fingerprint density at radius 3 is 2.54 bits per heavy atom. The SMILES string of the molecule is CCOC(=O)N1CCC(N2CCC(N3C(=O)C[C@H]4CCCCC43)CC2)C1. The van der Waals surface area contributed by atoms with Gasteiger partial charge in [0.2, 0.25) is 5.91 Å². The van der Waals surface area contributed by atoms with Crippen molar-refractivity contribution in [1.29, 1.82) is 0 Å². The molecule has 0 aromatic rings. The maximum Gasteiger partial charge on any atom is 0.409 e. The molecule has 3 atom stereocenters. The number of hydrogen-bond donors (Lipinski definition) is 0. The summed E-state index contributed by atoms with van der Waals surface area (Å²) in [5.41, 5.74) is 0. The number of carbonyl (C=O) groups is 2. The predicted octanol–water partition coefficient (Wildman–Crippen LogP) is 2.47. The second-order valence-corrected chi connectivity index (χ2v) is 8.47. The lowest BCUT2D eigenvalue weighted by atomic mass is 9.84. The summed E-state index contributed by atoms with van der Waals surface area (Å²) >= 11 is 0. The smallest absolute Gasteiger partial charge is 0.409 e. The van der Waals surface area contributed by atoms with E-state index in [0.29, 0.717) is 36.6 Å². The van der Waals surface area contributed by atoms with Crippen LogP contribution in [0.25, 0.3) is 0 Å². The first-order chi connectivity index (χ1) is 12.7. The molecule has 1 aliphatic carbocycles. The summed E-state index contributed by atoms with van der Waals surface area (Å²) in [4.78, 5) is 31.2. The van der Waals surface area contributed by atoms with Crippen molar-refractivity contribution >= 4 is 12.0 Å². The van der Waals surface area contributed by atoms with E-state index in [1.807, 2.05) is 11.8 Å². The average molecular weight is 364 g/mol. The van der Waals surface area contributed by atoms with Gasteiger partial charge in [-0.1, -0.05) is 12.8 Å². The molecule has 26 heavy (non-hydrogen) atoms. The Balaban J connectivity index is 1.29. The van der Waals surface area contributed by atoms with E-state index in [1.54, 1.807) is 0 Å². The summed E-state index contributed by atoms with van der Waals surface area (Å²) in [6, 6.07) is 1.42. The average Bonchev–Trinajstić information content (AvgIpc) is 3.26. The Morgan fingerprint density at radius 2 is 1.77 bits per heavy atom.